The van der Waals surface area contributed by atoms with Crippen molar-refractivity contribution in [1.29, 1.82) is 0 Å². The number of aryl methyl sites for hydroxylation is 2. The fourth-order valence-corrected chi connectivity index (χ4v) is 1.80. The first kappa shape index (κ1) is 11.4. The van der Waals surface area contributed by atoms with Gasteiger partial charge >= 0.3 is 0 Å². The van der Waals surface area contributed by atoms with Gasteiger partial charge in [-0.25, -0.2) is 0 Å². The summed E-state index contributed by atoms with van der Waals surface area (Å²) in [7, 11) is 0. The van der Waals surface area contributed by atoms with Crippen molar-refractivity contribution >= 4 is 5.97 Å². The number of H-pyrrole nitrogens is 1. The van der Waals surface area contributed by atoms with E-state index < -0.39 is 5.97 Å². The molecule has 0 radical (unpaired) electrons. The van der Waals surface area contributed by atoms with Gasteiger partial charge in [0.1, 0.15) is 0 Å². The SMILES string of the molecule is Cc1n[nH]c(C)c1Cc1ccc(C(=O)[O-])cc1. The molecule has 0 fully saturated rings. The first-order chi connectivity index (χ1) is 8.08. The molecule has 0 aliphatic rings. The third-order valence-electron chi connectivity index (χ3n) is 2.85. The Labute approximate surface area is 99.3 Å². The molecule has 17 heavy (non-hydrogen) atoms. The largest absolute Gasteiger partial charge is 0.545 e. The fraction of sp³-hybridized carbons (Fsp3) is 0.231. The number of carbonyl (C=O) groups excluding carboxylic acids is 1. The Morgan fingerprint density at radius 2 is 1.94 bits per heavy atom. The molecule has 0 saturated carbocycles. The van der Waals surface area contributed by atoms with Gasteiger partial charge in [0.15, 0.2) is 0 Å². The molecule has 88 valence electrons. The molecule has 1 aromatic heterocycles. The molecule has 0 aliphatic heterocycles. The molecule has 0 saturated heterocycles. The zero-order chi connectivity index (χ0) is 12.4. The highest BCUT2D eigenvalue weighted by atomic mass is 16.4. The topological polar surface area (TPSA) is 68.8 Å². The smallest absolute Gasteiger partial charge is 0.0715 e. The number of aromatic amines is 1. The highest BCUT2D eigenvalue weighted by Gasteiger charge is 2.06. The van der Waals surface area contributed by atoms with Gasteiger partial charge in [0, 0.05) is 17.7 Å². The van der Waals surface area contributed by atoms with Crippen LogP contribution in [0.3, 0.4) is 0 Å². The van der Waals surface area contributed by atoms with Gasteiger partial charge in [0.2, 0.25) is 0 Å². The lowest BCUT2D eigenvalue weighted by atomic mass is 10.0. The molecule has 0 amide bonds. The molecular formula is C13H13N2O2-. The minimum atomic E-state index is -1.15. The summed E-state index contributed by atoms with van der Waals surface area (Å²) in [6.07, 6.45) is 0.751. The number of aromatic carboxylic acids is 1. The van der Waals surface area contributed by atoms with E-state index >= 15 is 0 Å². The molecule has 1 aromatic carbocycles. The number of carboxylic acids is 1. The van der Waals surface area contributed by atoms with Crippen LogP contribution in [0.1, 0.15) is 32.9 Å². The summed E-state index contributed by atoms with van der Waals surface area (Å²) in [5.41, 5.74) is 4.45. The molecule has 1 heterocycles. The second-order valence-electron chi connectivity index (χ2n) is 4.07. The Balaban J connectivity index is 2.22. The second-order valence-corrected chi connectivity index (χ2v) is 4.07. The highest BCUT2D eigenvalue weighted by Crippen LogP contribution is 2.15. The van der Waals surface area contributed by atoms with Crippen LogP contribution in [0.2, 0.25) is 0 Å². The monoisotopic (exact) mass is 229 g/mol. The van der Waals surface area contributed by atoms with Crippen molar-refractivity contribution in [2.45, 2.75) is 20.3 Å². The van der Waals surface area contributed by atoms with E-state index in [9.17, 15) is 9.90 Å². The molecule has 2 aromatic rings. The maximum absolute atomic E-state index is 10.6. The maximum atomic E-state index is 10.6. The van der Waals surface area contributed by atoms with Crippen LogP contribution in [0, 0.1) is 13.8 Å². The average Bonchev–Trinajstić information content (AvgIpc) is 2.61. The van der Waals surface area contributed by atoms with E-state index in [0.29, 0.717) is 0 Å². The normalized spacial score (nSPS) is 10.5. The van der Waals surface area contributed by atoms with E-state index in [1.165, 1.54) is 0 Å². The Kier molecular flexibility index (Phi) is 2.95. The summed E-state index contributed by atoms with van der Waals surface area (Å²) in [4.78, 5) is 10.6. The van der Waals surface area contributed by atoms with Gasteiger partial charge in [-0.2, -0.15) is 5.10 Å². The number of hydrogen-bond acceptors (Lipinski definition) is 3. The molecule has 0 unspecified atom stereocenters. The molecule has 0 spiro atoms. The van der Waals surface area contributed by atoms with E-state index in [2.05, 4.69) is 10.2 Å². The van der Waals surface area contributed by atoms with Gasteiger partial charge in [-0.3, -0.25) is 5.10 Å². The van der Waals surface area contributed by atoms with Crippen LogP contribution in [-0.4, -0.2) is 16.2 Å². The minimum absolute atomic E-state index is 0.203. The van der Waals surface area contributed by atoms with E-state index in [1.54, 1.807) is 24.3 Å². The third-order valence-corrected chi connectivity index (χ3v) is 2.85. The predicted octanol–water partition coefficient (Wildman–Crippen LogP) is 0.981. The van der Waals surface area contributed by atoms with Crippen molar-refractivity contribution in [2.24, 2.45) is 0 Å². The number of nitrogens with zero attached hydrogens (tertiary/aromatic N) is 1. The Hall–Kier alpha value is -2.10. The summed E-state index contributed by atoms with van der Waals surface area (Å²) in [5, 5.41) is 17.7. The standard InChI is InChI=1S/C13H14N2O2/c1-8-12(9(2)15-14-8)7-10-3-5-11(6-4-10)13(16)17/h3-6H,7H2,1-2H3,(H,14,15)(H,16,17)/p-1. The van der Waals surface area contributed by atoms with Gasteiger partial charge in [-0.05, 0) is 25.0 Å². The first-order valence-electron chi connectivity index (χ1n) is 5.38. The molecule has 4 nitrogen and oxygen atoms in total. The van der Waals surface area contributed by atoms with E-state index in [-0.39, 0.29) is 5.56 Å². The van der Waals surface area contributed by atoms with E-state index in [4.69, 9.17) is 0 Å². The van der Waals surface area contributed by atoms with Crippen LogP contribution in [0.4, 0.5) is 0 Å². The Morgan fingerprint density at radius 1 is 1.29 bits per heavy atom. The first-order valence-corrected chi connectivity index (χ1v) is 5.38. The van der Waals surface area contributed by atoms with Crippen molar-refractivity contribution in [3.05, 3.63) is 52.3 Å². The van der Waals surface area contributed by atoms with Gasteiger partial charge in [-0.15, -0.1) is 0 Å². The molecule has 0 bridgehead atoms. The zero-order valence-corrected chi connectivity index (χ0v) is 9.78. The summed E-state index contributed by atoms with van der Waals surface area (Å²) >= 11 is 0. The number of rotatable bonds is 3. The highest BCUT2D eigenvalue weighted by molar-refractivity contribution is 5.85. The lowest BCUT2D eigenvalue weighted by molar-refractivity contribution is -0.255. The van der Waals surface area contributed by atoms with Crippen molar-refractivity contribution in [1.82, 2.24) is 10.2 Å². The number of nitrogens with one attached hydrogen (secondary N) is 1. The molecule has 0 atom stereocenters. The summed E-state index contributed by atoms with van der Waals surface area (Å²) in [6.45, 7) is 3.93. The van der Waals surface area contributed by atoms with E-state index in [0.717, 1.165) is 28.9 Å². The van der Waals surface area contributed by atoms with Crippen LogP contribution in [0.5, 0.6) is 0 Å². The molecule has 1 N–H and O–H groups in total. The lowest BCUT2D eigenvalue weighted by Crippen LogP contribution is -2.21. The zero-order valence-electron chi connectivity index (χ0n) is 9.78. The third kappa shape index (κ3) is 2.36. The quantitative estimate of drug-likeness (QED) is 0.853. The summed E-state index contributed by atoms with van der Waals surface area (Å²) < 4.78 is 0. The summed E-state index contributed by atoms with van der Waals surface area (Å²) in [5.74, 6) is -1.15. The van der Waals surface area contributed by atoms with Crippen molar-refractivity contribution in [3.8, 4) is 0 Å². The molecule has 4 heteroatoms. The van der Waals surface area contributed by atoms with Crippen LogP contribution in [0.15, 0.2) is 24.3 Å². The number of hydrogen-bond donors (Lipinski definition) is 1. The maximum Gasteiger partial charge on any atom is 0.0715 e. The molecular weight excluding hydrogens is 216 g/mol. The average molecular weight is 229 g/mol. The number of carboxylic acid groups (broad SMARTS) is 1. The van der Waals surface area contributed by atoms with Crippen LogP contribution < -0.4 is 5.11 Å². The number of carbonyl (C=O) groups is 1. The molecule has 2 rings (SSSR count). The van der Waals surface area contributed by atoms with Gasteiger partial charge in [0.25, 0.3) is 0 Å². The number of aromatic nitrogens is 2. The van der Waals surface area contributed by atoms with Crippen molar-refractivity contribution in [2.75, 3.05) is 0 Å². The lowest BCUT2D eigenvalue weighted by Gasteiger charge is -2.05. The molecule has 0 aliphatic carbocycles. The van der Waals surface area contributed by atoms with Crippen LogP contribution >= 0.6 is 0 Å². The van der Waals surface area contributed by atoms with Gasteiger partial charge in [0.05, 0.1) is 11.7 Å². The van der Waals surface area contributed by atoms with Crippen molar-refractivity contribution < 1.29 is 9.90 Å². The Morgan fingerprint density at radius 3 is 2.41 bits per heavy atom. The number of benzene rings is 1. The minimum Gasteiger partial charge on any atom is -0.545 e. The Bertz CT molecular complexity index is 522. The van der Waals surface area contributed by atoms with E-state index in [1.807, 2.05) is 13.8 Å². The van der Waals surface area contributed by atoms with Crippen molar-refractivity contribution in [3.63, 3.8) is 0 Å². The summed E-state index contributed by atoms with van der Waals surface area (Å²) in [6, 6.07) is 6.73. The van der Waals surface area contributed by atoms with Gasteiger partial charge < -0.3 is 9.90 Å². The van der Waals surface area contributed by atoms with Crippen LogP contribution in [0.25, 0.3) is 0 Å². The second kappa shape index (κ2) is 4.41. The van der Waals surface area contributed by atoms with Gasteiger partial charge in [-0.1, -0.05) is 24.3 Å². The fourth-order valence-electron chi connectivity index (χ4n) is 1.80. The predicted molar refractivity (Wildman–Crippen MR) is 61.6 cm³/mol. The van der Waals surface area contributed by atoms with Crippen LogP contribution in [-0.2, 0) is 6.42 Å².